The molecule has 0 aromatic carbocycles. The van der Waals surface area contributed by atoms with Crippen LogP contribution in [0.25, 0.3) is 0 Å². The fourth-order valence-corrected chi connectivity index (χ4v) is 9.75. The van der Waals surface area contributed by atoms with Crippen molar-refractivity contribution in [2.75, 3.05) is 26.2 Å². The minimum absolute atomic E-state index is 0.0469. The zero-order valence-corrected chi connectivity index (χ0v) is 23.0. The summed E-state index contributed by atoms with van der Waals surface area (Å²) in [5.74, 6) is 6.59. The molecule has 6 saturated carbocycles. The van der Waals surface area contributed by atoms with Crippen LogP contribution in [0.1, 0.15) is 83.5 Å². The lowest BCUT2D eigenvalue weighted by Crippen LogP contribution is -3.06. The third-order valence-corrected chi connectivity index (χ3v) is 11.3. The number of carboxylic acids is 1. The molecule has 0 atom stereocenters. The number of aryl methyl sites for hydroxylation is 1. The molecule has 0 amide bonds. The van der Waals surface area contributed by atoms with Crippen molar-refractivity contribution in [1.82, 2.24) is 14.5 Å². The molecule has 1 N–H and O–H groups in total. The van der Waals surface area contributed by atoms with Gasteiger partial charge in [-0.25, -0.2) is 4.98 Å². The average Bonchev–Trinajstić information content (AvgIpc) is 3.44. The summed E-state index contributed by atoms with van der Waals surface area (Å²) < 4.78 is 7.92. The van der Waals surface area contributed by atoms with Gasteiger partial charge in [-0.05, 0) is 93.2 Å². The van der Waals surface area contributed by atoms with Crippen LogP contribution in [0, 0.1) is 46.8 Å². The van der Waals surface area contributed by atoms with Crippen LogP contribution in [-0.4, -0.2) is 57.7 Å². The molecule has 1 aromatic heterocycles. The van der Waals surface area contributed by atoms with E-state index in [-0.39, 0.29) is 5.97 Å². The summed E-state index contributed by atoms with van der Waals surface area (Å²) >= 11 is 0. The molecule has 7 nitrogen and oxygen atoms in total. The lowest BCUT2D eigenvalue weighted by atomic mass is 8.97. The first-order valence-electron chi connectivity index (χ1n) is 15.7. The number of unbranched alkanes of at least 4 members (excludes halogenated alkanes) is 8. The topological polar surface area (TPSA) is 84.7 Å². The molecule has 1 aromatic rings. The predicted octanol–water partition coefficient (Wildman–Crippen LogP) is 5.25. The number of aliphatic carboxylic acids is 1. The molecule has 0 saturated heterocycles. The molecule has 210 valence electrons. The maximum Gasteiger partial charge on any atom is 0.305 e. The van der Waals surface area contributed by atoms with Gasteiger partial charge in [-0.2, -0.15) is 0 Å². The molecular weight excluding hydrogens is 478 g/mol. The number of carbonyl (C=O) groups excluding carboxylic acids is 1. The van der Waals surface area contributed by atoms with Crippen LogP contribution in [0.5, 0.6) is 0 Å². The van der Waals surface area contributed by atoms with Crippen molar-refractivity contribution in [1.29, 1.82) is 0 Å². The first kappa shape index (κ1) is 26.3. The van der Waals surface area contributed by atoms with Gasteiger partial charge in [0.05, 0.1) is 12.9 Å². The van der Waals surface area contributed by atoms with E-state index in [9.17, 15) is 9.59 Å². The Morgan fingerprint density at radius 3 is 1.97 bits per heavy atom. The van der Waals surface area contributed by atoms with E-state index < -0.39 is 5.97 Å². The lowest BCUT2D eigenvalue weighted by molar-refractivity contribution is -0.617. The zero-order chi connectivity index (χ0) is 26.1. The molecule has 6 aliphatic carbocycles. The molecule has 1 heterocycles. The van der Waals surface area contributed by atoms with Gasteiger partial charge < -0.3 is 19.3 Å². The Bertz CT molecular complexity index is 912. The van der Waals surface area contributed by atoms with Gasteiger partial charge in [0, 0.05) is 37.2 Å². The molecule has 6 aliphatic rings. The normalized spacial score (nSPS) is 34.0. The van der Waals surface area contributed by atoms with Gasteiger partial charge in [-0.1, -0.05) is 38.5 Å². The van der Waals surface area contributed by atoms with Crippen molar-refractivity contribution in [3.8, 4) is 0 Å². The second kappa shape index (κ2) is 11.3. The molecule has 0 aliphatic heterocycles. The highest BCUT2D eigenvalue weighted by molar-refractivity contribution is 5.69. The van der Waals surface area contributed by atoms with Crippen LogP contribution in [0.15, 0.2) is 18.7 Å². The molecule has 0 spiro atoms. The highest BCUT2D eigenvalue weighted by Crippen LogP contribution is 3.05. The average molecular weight is 526 g/mol. The molecule has 0 unspecified atom stereocenters. The fourth-order valence-electron chi connectivity index (χ4n) is 9.75. The van der Waals surface area contributed by atoms with E-state index in [0.29, 0.717) is 18.3 Å². The number of carbonyl (C=O) groups is 2. The number of hydrogen-bond acceptors (Lipinski definition) is 5. The Balaban J connectivity index is 0.787. The van der Waals surface area contributed by atoms with Gasteiger partial charge in [-0.15, -0.1) is 0 Å². The Labute approximate surface area is 227 Å². The van der Waals surface area contributed by atoms with Crippen molar-refractivity contribution in [2.24, 2.45) is 46.8 Å². The standard InChI is InChI=1S/C31H47N3O4/c35-22(36)12-7-3-1-5-9-15-33(17-11-18-34-19-14-32-21-34)16-10-6-2-4-8-13-23(37)38-20-31-28-25-24-26(28)30(31)27(24)29(25)31/h14,19,21,24-30H,1-13,15-18,20H2,(H,35,36). The van der Waals surface area contributed by atoms with E-state index in [1.54, 1.807) is 0 Å². The Kier molecular flexibility index (Phi) is 7.84. The third-order valence-electron chi connectivity index (χ3n) is 11.3. The predicted molar refractivity (Wildman–Crippen MR) is 144 cm³/mol. The summed E-state index contributed by atoms with van der Waals surface area (Å²) in [5.41, 5.74) is 0.495. The Hall–Kier alpha value is -1.89. The SMILES string of the molecule is O=C(O)CCCCCCCN(CCCCCCCC(=O)OCC12C3C4C5C3C1C5C42)CCCn1ccnc1. The van der Waals surface area contributed by atoms with Crippen LogP contribution >= 0.6 is 0 Å². The van der Waals surface area contributed by atoms with Gasteiger partial charge in [-0.3, -0.25) is 9.59 Å². The minimum atomic E-state index is -0.683. The summed E-state index contributed by atoms with van der Waals surface area (Å²) in [6, 6.07) is 0. The number of hydrogen-bond donors (Lipinski definition) is 1. The van der Waals surface area contributed by atoms with Gasteiger partial charge in [0.1, 0.15) is 0 Å². The maximum atomic E-state index is 12.3. The van der Waals surface area contributed by atoms with Crippen molar-refractivity contribution in [3.05, 3.63) is 18.7 Å². The lowest BCUT2D eigenvalue weighted by Gasteiger charge is -3.07. The van der Waals surface area contributed by atoms with Crippen LogP contribution in [0.3, 0.4) is 0 Å². The molecule has 38 heavy (non-hydrogen) atoms. The molecule has 0 radical (unpaired) electrons. The van der Waals surface area contributed by atoms with Crippen molar-refractivity contribution >= 4 is 11.9 Å². The number of rotatable bonds is 22. The van der Waals surface area contributed by atoms with E-state index in [2.05, 4.69) is 14.5 Å². The molecule has 7 rings (SSSR count). The van der Waals surface area contributed by atoms with E-state index in [1.807, 2.05) is 18.7 Å². The van der Waals surface area contributed by atoms with Crippen molar-refractivity contribution < 1.29 is 19.4 Å². The van der Waals surface area contributed by atoms with Crippen LogP contribution in [-0.2, 0) is 20.9 Å². The number of carboxylic acid groups (broad SMARTS) is 1. The van der Waals surface area contributed by atoms with Crippen molar-refractivity contribution in [3.63, 3.8) is 0 Å². The number of ether oxygens (including phenoxy) is 1. The van der Waals surface area contributed by atoms with Gasteiger partial charge >= 0.3 is 11.9 Å². The Morgan fingerprint density at radius 2 is 1.37 bits per heavy atom. The summed E-state index contributed by atoms with van der Waals surface area (Å²) in [6.45, 7) is 5.13. The van der Waals surface area contributed by atoms with Crippen LogP contribution in [0.4, 0.5) is 0 Å². The van der Waals surface area contributed by atoms with E-state index in [0.717, 1.165) is 113 Å². The zero-order valence-electron chi connectivity index (χ0n) is 23.0. The number of imidazole rings is 1. The Morgan fingerprint density at radius 1 is 0.789 bits per heavy atom. The first-order valence-corrected chi connectivity index (χ1v) is 15.7. The number of esters is 1. The molecule has 0 bridgehead atoms. The monoisotopic (exact) mass is 525 g/mol. The smallest absolute Gasteiger partial charge is 0.305 e. The second-order valence-electron chi connectivity index (χ2n) is 13.1. The second-order valence-corrected chi connectivity index (χ2v) is 13.1. The van der Waals surface area contributed by atoms with Gasteiger partial charge in [0.2, 0.25) is 0 Å². The third kappa shape index (κ3) is 4.50. The van der Waals surface area contributed by atoms with Crippen LogP contribution in [0.2, 0.25) is 0 Å². The summed E-state index contributed by atoms with van der Waals surface area (Å²) in [5, 5.41) is 8.77. The van der Waals surface area contributed by atoms with Gasteiger partial charge in [0.25, 0.3) is 0 Å². The highest BCUT2D eigenvalue weighted by Gasteiger charge is 3.04. The highest BCUT2D eigenvalue weighted by atomic mass is 16.5. The van der Waals surface area contributed by atoms with E-state index in [4.69, 9.17) is 9.84 Å². The molecular formula is C31H47N3O4. The number of nitrogens with zero attached hydrogens (tertiary/aromatic N) is 3. The van der Waals surface area contributed by atoms with Crippen molar-refractivity contribution in [2.45, 2.75) is 90.0 Å². The quantitative estimate of drug-likeness (QED) is 0.164. The fraction of sp³-hybridized carbons (Fsp3) is 0.839. The first-order chi connectivity index (χ1) is 18.6. The van der Waals surface area contributed by atoms with E-state index in [1.165, 1.54) is 32.1 Å². The molecule has 7 heteroatoms. The summed E-state index contributed by atoms with van der Waals surface area (Å²) in [6.07, 6.45) is 18.8. The van der Waals surface area contributed by atoms with E-state index >= 15 is 0 Å². The summed E-state index contributed by atoms with van der Waals surface area (Å²) in [7, 11) is 0. The number of aromatic nitrogens is 2. The summed E-state index contributed by atoms with van der Waals surface area (Å²) in [4.78, 5) is 29.7. The molecule has 6 fully saturated rings. The minimum Gasteiger partial charge on any atom is -0.481 e. The largest absolute Gasteiger partial charge is 0.481 e. The maximum absolute atomic E-state index is 12.3. The van der Waals surface area contributed by atoms with Gasteiger partial charge in [0.15, 0.2) is 0 Å². The van der Waals surface area contributed by atoms with Crippen LogP contribution < -0.4 is 0 Å².